The summed E-state index contributed by atoms with van der Waals surface area (Å²) in [6, 6.07) is 8.03. The summed E-state index contributed by atoms with van der Waals surface area (Å²) in [6.07, 6.45) is 1.69. The van der Waals surface area contributed by atoms with Gasteiger partial charge in [-0.1, -0.05) is 24.6 Å². The lowest BCUT2D eigenvalue weighted by molar-refractivity contribution is 0.0531. The summed E-state index contributed by atoms with van der Waals surface area (Å²) >= 11 is 8.14. The number of nitrogens with zero attached hydrogens (tertiary/aromatic N) is 4. The molecule has 33 heavy (non-hydrogen) atoms. The lowest BCUT2D eigenvalue weighted by Gasteiger charge is -2.18. The van der Waals surface area contributed by atoms with Crippen molar-refractivity contribution in [2.24, 2.45) is 5.73 Å². The number of pyridine rings is 1. The van der Waals surface area contributed by atoms with Crippen LogP contribution in [0.3, 0.4) is 0 Å². The Kier molecular flexibility index (Phi) is 4.93. The van der Waals surface area contributed by atoms with Gasteiger partial charge in [0.25, 0.3) is 0 Å². The van der Waals surface area contributed by atoms with Crippen LogP contribution in [0, 0.1) is 0 Å². The molecule has 1 atom stereocenters. The Bertz CT molecular complexity index is 1440. The van der Waals surface area contributed by atoms with E-state index in [0.717, 1.165) is 69.8 Å². The minimum absolute atomic E-state index is 0.120. The Morgan fingerprint density at radius 1 is 1.30 bits per heavy atom. The van der Waals surface area contributed by atoms with Crippen molar-refractivity contribution in [3.8, 4) is 0 Å². The molecule has 1 saturated heterocycles. The lowest BCUT2D eigenvalue weighted by atomic mass is 10.1. The van der Waals surface area contributed by atoms with Crippen LogP contribution < -0.4 is 10.6 Å². The molecule has 5 heterocycles. The molecule has 4 aromatic rings. The summed E-state index contributed by atoms with van der Waals surface area (Å²) in [4.78, 5) is 32.6. The zero-order valence-corrected chi connectivity index (χ0v) is 19.5. The molecule has 0 spiro atoms. The Labute approximate surface area is 198 Å². The number of rotatable bonds is 4. The van der Waals surface area contributed by atoms with Gasteiger partial charge in [-0.3, -0.25) is 0 Å². The first kappa shape index (κ1) is 20.7. The number of aromatic nitrogens is 4. The average molecular weight is 481 g/mol. The molecule has 8 nitrogen and oxygen atoms in total. The fourth-order valence-electron chi connectivity index (χ4n) is 4.43. The summed E-state index contributed by atoms with van der Waals surface area (Å²) < 4.78 is 5.10. The van der Waals surface area contributed by atoms with Crippen LogP contribution in [-0.4, -0.2) is 45.0 Å². The monoisotopic (exact) mass is 480 g/mol. The Balaban J connectivity index is 1.42. The number of aryl methyl sites for hydroxylation is 1. The highest BCUT2D eigenvalue weighted by Crippen LogP contribution is 2.38. The van der Waals surface area contributed by atoms with Crippen molar-refractivity contribution in [1.82, 2.24) is 19.9 Å². The average Bonchev–Trinajstić information content (AvgIpc) is 3.49. The van der Waals surface area contributed by atoms with Crippen LogP contribution in [0.15, 0.2) is 34.3 Å². The van der Waals surface area contributed by atoms with E-state index in [4.69, 9.17) is 32.0 Å². The number of fused-ring (bicyclic) bond motifs is 3. The molecule has 6 rings (SSSR count). The molecule has 2 aliphatic heterocycles. The topological polar surface area (TPSA) is 110 Å². The van der Waals surface area contributed by atoms with Crippen LogP contribution >= 0.6 is 23.4 Å². The Hall–Kier alpha value is -2.88. The maximum absolute atomic E-state index is 11.9. The standard InChI is InChI=1S/C23H21ClN6O2S/c1-2-15-18(24)17-20(27-15)28-23(29-21(17)30-6-5-13(25)9-30)33-14-4-3-11-7-12-10-32-22(31)19(12)26-16(11)8-14/h3-4,7-8,13H,2,5-6,9-10,25H2,1H3,(H,27,28,29)/t13-/m1/s1. The van der Waals surface area contributed by atoms with Crippen molar-refractivity contribution >= 4 is 57.1 Å². The first-order chi connectivity index (χ1) is 16.0. The number of nitrogens with two attached hydrogens (primary N) is 1. The third-order valence-corrected chi connectivity index (χ3v) is 7.40. The van der Waals surface area contributed by atoms with E-state index in [-0.39, 0.29) is 18.6 Å². The molecule has 0 amide bonds. The van der Waals surface area contributed by atoms with Gasteiger partial charge in [0.1, 0.15) is 18.1 Å². The second-order valence-electron chi connectivity index (χ2n) is 8.35. The quantitative estimate of drug-likeness (QED) is 0.332. The van der Waals surface area contributed by atoms with Gasteiger partial charge in [-0.25, -0.2) is 19.7 Å². The molecule has 0 aliphatic carbocycles. The fraction of sp³-hybridized carbons (Fsp3) is 0.304. The van der Waals surface area contributed by atoms with Gasteiger partial charge in [0.15, 0.2) is 10.9 Å². The fourth-order valence-corrected chi connectivity index (χ4v) is 5.57. The molecule has 0 saturated carbocycles. The second-order valence-corrected chi connectivity index (χ2v) is 9.77. The molecule has 0 bridgehead atoms. The highest BCUT2D eigenvalue weighted by Gasteiger charge is 2.27. The van der Waals surface area contributed by atoms with E-state index < -0.39 is 0 Å². The summed E-state index contributed by atoms with van der Waals surface area (Å²) in [6.45, 7) is 3.91. The molecule has 1 fully saturated rings. The highest BCUT2D eigenvalue weighted by molar-refractivity contribution is 7.99. The third kappa shape index (κ3) is 3.51. The van der Waals surface area contributed by atoms with Gasteiger partial charge in [-0.2, -0.15) is 0 Å². The molecular formula is C23H21ClN6O2S. The van der Waals surface area contributed by atoms with Crippen molar-refractivity contribution in [3.05, 3.63) is 46.2 Å². The summed E-state index contributed by atoms with van der Waals surface area (Å²) in [5.41, 5.74) is 9.79. The van der Waals surface area contributed by atoms with Crippen molar-refractivity contribution in [2.75, 3.05) is 18.0 Å². The maximum Gasteiger partial charge on any atom is 0.357 e. The Morgan fingerprint density at radius 3 is 2.97 bits per heavy atom. The number of anilines is 1. The van der Waals surface area contributed by atoms with E-state index in [1.807, 2.05) is 24.3 Å². The third-order valence-electron chi connectivity index (χ3n) is 6.13. The molecule has 2 aliphatic rings. The molecule has 1 aromatic carbocycles. The molecular weight excluding hydrogens is 460 g/mol. The van der Waals surface area contributed by atoms with Crippen molar-refractivity contribution in [2.45, 2.75) is 42.5 Å². The van der Waals surface area contributed by atoms with Gasteiger partial charge >= 0.3 is 5.97 Å². The van der Waals surface area contributed by atoms with E-state index in [1.54, 1.807) is 0 Å². The minimum Gasteiger partial charge on any atom is -0.456 e. The number of hydrogen-bond donors (Lipinski definition) is 2. The van der Waals surface area contributed by atoms with Crippen molar-refractivity contribution < 1.29 is 9.53 Å². The van der Waals surface area contributed by atoms with Gasteiger partial charge in [0, 0.05) is 40.7 Å². The van der Waals surface area contributed by atoms with E-state index >= 15 is 0 Å². The van der Waals surface area contributed by atoms with Gasteiger partial charge in [-0.05, 0) is 42.8 Å². The van der Waals surface area contributed by atoms with Crippen molar-refractivity contribution in [1.29, 1.82) is 0 Å². The van der Waals surface area contributed by atoms with E-state index in [0.29, 0.717) is 15.9 Å². The molecule has 10 heteroatoms. The molecule has 3 N–H and O–H groups in total. The molecule has 3 aromatic heterocycles. The zero-order valence-electron chi connectivity index (χ0n) is 17.9. The number of carbonyl (C=O) groups is 1. The van der Waals surface area contributed by atoms with E-state index in [1.165, 1.54) is 11.8 Å². The lowest BCUT2D eigenvalue weighted by Crippen LogP contribution is -2.27. The van der Waals surface area contributed by atoms with Gasteiger partial charge < -0.3 is 20.4 Å². The van der Waals surface area contributed by atoms with Crippen LogP contribution in [0.25, 0.3) is 21.9 Å². The first-order valence-electron chi connectivity index (χ1n) is 10.9. The van der Waals surface area contributed by atoms with Crippen LogP contribution in [0.4, 0.5) is 5.82 Å². The predicted octanol–water partition coefficient (Wildman–Crippen LogP) is 4.08. The van der Waals surface area contributed by atoms with E-state index in [9.17, 15) is 4.79 Å². The van der Waals surface area contributed by atoms with Crippen LogP contribution in [0.5, 0.6) is 0 Å². The number of esters is 1. The molecule has 0 unspecified atom stereocenters. The molecule has 168 valence electrons. The number of carbonyl (C=O) groups excluding carboxylic acids is 1. The van der Waals surface area contributed by atoms with Crippen LogP contribution in [-0.2, 0) is 17.8 Å². The Morgan fingerprint density at radius 2 is 2.18 bits per heavy atom. The summed E-state index contributed by atoms with van der Waals surface area (Å²) in [5.74, 6) is 0.443. The maximum atomic E-state index is 11.9. The number of benzene rings is 1. The van der Waals surface area contributed by atoms with Gasteiger partial charge in [0.2, 0.25) is 0 Å². The number of hydrogen-bond acceptors (Lipinski definition) is 8. The van der Waals surface area contributed by atoms with Gasteiger partial charge in [0.05, 0.1) is 15.9 Å². The van der Waals surface area contributed by atoms with Crippen LogP contribution in [0.2, 0.25) is 5.02 Å². The highest BCUT2D eigenvalue weighted by atomic mass is 35.5. The molecule has 0 radical (unpaired) electrons. The number of cyclic esters (lactones) is 1. The van der Waals surface area contributed by atoms with Crippen LogP contribution in [0.1, 0.15) is 35.1 Å². The zero-order chi connectivity index (χ0) is 22.7. The van der Waals surface area contributed by atoms with Gasteiger partial charge in [-0.15, -0.1) is 0 Å². The summed E-state index contributed by atoms with van der Waals surface area (Å²) in [5, 5.41) is 3.10. The summed E-state index contributed by atoms with van der Waals surface area (Å²) in [7, 11) is 0. The largest absolute Gasteiger partial charge is 0.456 e. The number of ether oxygens (including phenoxy) is 1. The smallest absolute Gasteiger partial charge is 0.357 e. The second kappa shape index (κ2) is 7.86. The minimum atomic E-state index is -0.373. The number of nitrogens with one attached hydrogen (secondary N) is 1. The normalized spacial score (nSPS) is 17.8. The number of halogens is 1. The first-order valence-corrected chi connectivity index (χ1v) is 12.1. The van der Waals surface area contributed by atoms with E-state index in [2.05, 4.69) is 21.8 Å². The SMILES string of the molecule is CCc1[nH]c2nc(Sc3ccc4cc5c(nc4c3)C(=O)OC5)nc(N3CC[C@@H](N)C3)c2c1Cl. The number of H-pyrrole nitrogens is 1. The van der Waals surface area contributed by atoms with Crippen molar-refractivity contribution in [3.63, 3.8) is 0 Å². The number of aromatic amines is 1. The predicted molar refractivity (Wildman–Crippen MR) is 128 cm³/mol.